The van der Waals surface area contributed by atoms with Gasteiger partial charge >= 0.3 is 5.63 Å². The van der Waals surface area contributed by atoms with Crippen LogP contribution in [0.5, 0.6) is 5.75 Å². The SMILES string of the molecule is C[C@H]1CC[C@@]2(C)C(C[C@H](O)[C@@]3(C)Oc4cc(-c5ccccc5)oc(=O)c4[C@H](O)C23)C1(C)CO. The highest BCUT2D eigenvalue weighted by molar-refractivity contribution is 5.60. The number of hydrogen-bond acceptors (Lipinski definition) is 6. The van der Waals surface area contributed by atoms with E-state index in [9.17, 15) is 20.1 Å². The van der Waals surface area contributed by atoms with Crippen LogP contribution in [0, 0.1) is 28.6 Å². The molecule has 1 aromatic heterocycles. The van der Waals surface area contributed by atoms with Gasteiger partial charge in [-0.2, -0.15) is 0 Å². The first-order valence-electron chi connectivity index (χ1n) is 12.0. The molecule has 1 aliphatic heterocycles. The Hall–Kier alpha value is -2.15. The molecule has 8 atom stereocenters. The molecule has 0 saturated heterocycles. The lowest BCUT2D eigenvalue weighted by molar-refractivity contribution is -0.256. The van der Waals surface area contributed by atoms with Gasteiger partial charge in [0.25, 0.3) is 0 Å². The van der Waals surface area contributed by atoms with Gasteiger partial charge in [0.1, 0.15) is 22.7 Å². The van der Waals surface area contributed by atoms with Crippen molar-refractivity contribution in [1.82, 2.24) is 0 Å². The van der Waals surface area contributed by atoms with E-state index in [4.69, 9.17) is 9.15 Å². The van der Waals surface area contributed by atoms with E-state index in [1.807, 2.05) is 37.3 Å². The van der Waals surface area contributed by atoms with E-state index in [1.165, 1.54) is 0 Å². The Morgan fingerprint density at radius 2 is 1.82 bits per heavy atom. The van der Waals surface area contributed by atoms with E-state index in [2.05, 4.69) is 20.8 Å². The second-order valence-electron chi connectivity index (χ2n) is 11.2. The molecule has 33 heavy (non-hydrogen) atoms. The maximum absolute atomic E-state index is 13.1. The van der Waals surface area contributed by atoms with Crippen LogP contribution in [0.2, 0.25) is 0 Å². The third-order valence-electron chi connectivity index (χ3n) is 9.57. The molecule has 1 aromatic carbocycles. The van der Waals surface area contributed by atoms with Crippen LogP contribution in [-0.4, -0.2) is 33.6 Å². The summed E-state index contributed by atoms with van der Waals surface area (Å²) >= 11 is 0. The average Bonchev–Trinajstić information content (AvgIpc) is 2.78. The molecule has 6 nitrogen and oxygen atoms in total. The van der Waals surface area contributed by atoms with Gasteiger partial charge in [-0.25, -0.2) is 4.79 Å². The first-order valence-corrected chi connectivity index (χ1v) is 12.0. The first kappa shape index (κ1) is 22.6. The Morgan fingerprint density at radius 3 is 2.48 bits per heavy atom. The van der Waals surface area contributed by atoms with Crippen LogP contribution in [0.1, 0.15) is 58.6 Å². The highest BCUT2D eigenvalue weighted by Gasteiger charge is 2.68. The van der Waals surface area contributed by atoms with E-state index in [0.29, 0.717) is 12.2 Å². The summed E-state index contributed by atoms with van der Waals surface area (Å²) in [7, 11) is 0. The summed E-state index contributed by atoms with van der Waals surface area (Å²) in [5.41, 5.74) is -1.66. The standard InChI is InChI=1S/C27H34O6/c1-15-10-11-25(2)19(26(15,3)14-28)13-20(29)27(4)23(25)22(30)21-18(33-27)12-17(32-24(21)31)16-8-6-5-7-9-16/h5-9,12,15,19-20,22-23,28-30H,10-11,13-14H2,1-4H3/t15-,19?,20-,22-,23?,25-,26?,27+/m0/s1. The smallest absolute Gasteiger partial charge is 0.345 e. The third-order valence-corrected chi connectivity index (χ3v) is 9.57. The van der Waals surface area contributed by atoms with Crippen LogP contribution in [0.25, 0.3) is 11.3 Å². The molecule has 2 aromatic rings. The van der Waals surface area contributed by atoms with E-state index >= 15 is 0 Å². The van der Waals surface area contributed by atoms with Crippen molar-refractivity contribution >= 4 is 0 Å². The Kier molecular flexibility index (Phi) is 5.09. The van der Waals surface area contributed by atoms with E-state index < -0.39 is 40.2 Å². The molecule has 0 spiro atoms. The van der Waals surface area contributed by atoms with Gasteiger partial charge in [-0.1, -0.05) is 51.1 Å². The fraction of sp³-hybridized carbons (Fsp3) is 0.593. The molecular formula is C27H34O6. The van der Waals surface area contributed by atoms with Crippen LogP contribution in [-0.2, 0) is 0 Å². The molecular weight excluding hydrogens is 420 g/mol. The summed E-state index contributed by atoms with van der Waals surface area (Å²) in [6.45, 7) is 8.23. The lowest BCUT2D eigenvalue weighted by Crippen LogP contribution is -2.69. The third kappa shape index (κ3) is 3.00. The number of aliphatic hydroxyl groups excluding tert-OH is 3. The Balaban J connectivity index is 1.65. The van der Waals surface area contributed by atoms with Crippen molar-refractivity contribution in [3.8, 4) is 17.1 Å². The molecule has 0 radical (unpaired) electrons. The van der Waals surface area contributed by atoms with Crippen molar-refractivity contribution in [3.05, 3.63) is 52.4 Å². The van der Waals surface area contributed by atoms with Crippen LogP contribution in [0.4, 0.5) is 0 Å². The molecule has 3 unspecified atom stereocenters. The molecule has 3 N–H and O–H groups in total. The topological polar surface area (TPSA) is 100 Å². The van der Waals surface area contributed by atoms with Crippen molar-refractivity contribution < 1.29 is 24.5 Å². The van der Waals surface area contributed by atoms with Gasteiger partial charge < -0.3 is 24.5 Å². The molecule has 5 rings (SSSR count). The first-order chi connectivity index (χ1) is 15.6. The van der Waals surface area contributed by atoms with Crippen molar-refractivity contribution in [2.45, 2.75) is 64.8 Å². The minimum atomic E-state index is -1.14. The fourth-order valence-corrected chi connectivity index (χ4v) is 7.41. The van der Waals surface area contributed by atoms with Gasteiger partial charge in [-0.15, -0.1) is 0 Å². The second-order valence-corrected chi connectivity index (χ2v) is 11.2. The van der Waals surface area contributed by atoms with Crippen molar-refractivity contribution in [2.75, 3.05) is 6.61 Å². The molecule has 3 aliphatic rings. The zero-order valence-corrected chi connectivity index (χ0v) is 19.7. The van der Waals surface area contributed by atoms with Gasteiger partial charge in [-0.05, 0) is 48.9 Å². The second kappa shape index (κ2) is 7.42. The van der Waals surface area contributed by atoms with Crippen molar-refractivity contribution in [2.24, 2.45) is 28.6 Å². The Morgan fingerprint density at radius 1 is 1.12 bits per heavy atom. The minimum Gasteiger partial charge on any atom is -0.484 e. The predicted molar refractivity (Wildman–Crippen MR) is 124 cm³/mol. The number of rotatable bonds is 2. The fourth-order valence-electron chi connectivity index (χ4n) is 7.41. The summed E-state index contributed by atoms with van der Waals surface area (Å²) < 4.78 is 12.1. The average molecular weight is 455 g/mol. The summed E-state index contributed by atoms with van der Waals surface area (Å²) in [5, 5.41) is 33.5. The maximum Gasteiger partial charge on any atom is 0.345 e. The molecule has 178 valence electrons. The summed E-state index contributed by atoms with van der Waals surface area (Å²) in [5.74, 6) is 0.371. The highest BCUT2D eigenvalue weighted by Crippen LogP contribution is 2.67. The lowest BCUT2D eigenvalue weighted by atomic mass is 9.41. The van der Waals surface area contributed by atoms with E-state index in [1.54, 1.807) is 6.07 Å². The zero-order valence-electron chi connectivity index (χ0n) is 19.7. The van der Waals surface area contributed by atoms with Crippen LogP contribution < -0.4 is 10.4 Å². The van der Waals surface area contributed by atoms with Gasteiger partial charge in [0, 0.05) is 24.2 Å². The molecule has 2 aliphatic carbocycles. The molecule has 6 heteroatoms. The van der Waals surface area contributed by atoms with E-state index in [0.717, 1.165) is 18.4 Å². The van der Waals surface area contributed by atoms with Gasteiger partial charge in [0.05, 0.1) is 12.2 Å². The monoisotopic (exact) mass is 454 g/mol. The molecule has 2 fully saturated rings. The van der Waals surface area contributed by atoms with Crippen molar-refractivity contribution in [3.63, 3.8) is 0 Å². The summed E-state index contributed by atoms with van der Waals surface area (Å²) in [4.78, 5) is 13.1. The Bertz CT molecular complexity index is 1110. The molecule has 0 amide bonds. The van der Waals surface area contributed by atoms with Gasteiger partial charge in [0.15, 0.2) is 0 Å². The number of fused-ring (bicyclic) bond motifs is 4. The van der Waals surface area contributed by atoms with Crippen LogP contribution >= 0.6 is 0 Å². The minimum absolute atomic E-state index is 0.0146. The quantitative estimate of drug-likeness (QED) is 0.636. The summed E-state index contributed by atoms with van der Waals surface area (Å²) in [6, 6.07) is 10.9. The number of hydrogen-bond donors (Lipinski definition) is 3. The highest BCUT2D eigenvalue weighted by atomic mass is 16.5. The largest absolute Gasteiger partial charge is 0.484 e. The maximum atomic E-state index is 13.1. The van der Waals surface area contributed by atoms with Crippen LogP contribution in [0.15, 0.2) is 45.6 Å². The molecule has 2 saturated carbocycles. The summed E-state index contributed by atoms with van der Waals surface area (Å²) in [6.07, 6.45) is 0.198. The number of benzene rings is 1. The zero-order chi connectivity index (χ0) is 23.8. The number of ether oxygens (including phenoxy) is 1. The van der Waals surface area contributed by atoms with Gasteiger partial charge in [-0.3, -0.25) is 0 Å². The van der Waals surface area contributed by atoms with Crippen molar-refractivity contribution in [1.29, 1.82) is 0 Å². The predicted octanol–water partition coefficient (Wildman–Crippen LogP) is 3.92. The normalized spacial score (nSPS) is 42.0. The van der Waals surface area contributed by atoms with E-state index in [-0.39, 0.29) is 29.8 Å². The van der Waals surface area contributed by atoms with Crippen LogP contribution in [0.3, 0.4) is 0 Å². The molecule has 0 bridgehead atoms. The lowest BCUT2D eigenvalue weighted by Gasteiger charge is -2.66. The number of aliphatic hydroxyl groups is 3. The molecule has 2 heterocycles. The Labute approximate surface area is 194 Å². The van der Waals surface area contributed by atoms with Gasteiger partial charge in [0.2, 0.25) is 0 Å².